The van der Waals surface area contributed by atoms with Crippen molar-refractivity contribution < 1.29 is 13.5 Å². The summed E-state index contributed by atoms with van der Waals surface area (Å²) in [5.74, 6) is 0. The van der Waals surface area contributed by atoms with E-state index in [0.29, 0.717) is 13.0 Å². The van der Waals surface area contributed by atoms with E-state index in [-0.39, 0.29) is 6.04 Å². The molecule has 0 radical (unpaired) electrons. The van der Waals surface area contributed by atoms with Gasteiger partial charge in [-0.05, 0) is 35.8 Å². The third-order valence-corrected chi connectivity index (χ3v) is 3.35. The Kier molecular flexibility index (Phi) is 7.48. The summed E-state index contributed by atoms with van der Waals surface area (Å²) >= 11 is 3.48. The first kappa shape index (κ1) is 16.5. The molecule has 1 aromatic heterocycles. The number of halogens is 3. The molecule has 1 unspecified atom stereocenters. The first-order valence-electron chi connectivity index (χ1n) is 6.34. The summed E-state index contributed by atoms with van der Waals surface area (Å²) in [6.07, 6.45) is 0.955. The smallest absolute Gasteiger partial charge is 0.261 e. The Labute approximate surface area is 120 Å². The normalized spacial score (nSPS) is 13.2. The molecule has 110 valence electrons. The summed E-state index contributed by atoms with van der Waals surface area (Å²) in [5.41, 5.74) is 1.03. The molecule has 0 aromatic carbocycles. The standard InChI is InChI=1S/C12H20BrF2N3O/c1-3-5-18-12(9(13)7-17-18)10(16-2)4-6-19-8-11(14)15/h7,10-11,16H,3-6,8H2,1-2H3. The van der Waals surface area contributed by atoms with E-state index < -0.39 is 13.0 Å². The predicted molar refractivity (Wildman–Crippen MR) is 73.5 cm³/mol. The second kappa shape index (κ2) is 8.60. The van der Waals surface area contributed by atoms with E-state index in [0.717, 1.165) is 23.1 Å². The fraction of sp³-hybridized carbons (Fsp3) is 0.750. The molecule has 0 aliphatic heterocycles. The van der Waals surface area contributed by atoms with Crippen molar-refractivity contribution in [3.05, 3.63) is 16.4 Å². The molecule has 0 aliphatic carbocycles. The van der Waals surface area contributed by atoms with Gasteiger partial charge >= 0.3 is 0 Å². The number of rotatable bonds is 9. The Balaban J connectivity index is 2.60. The van der Waals surface area contributed by atoms with Crippen LogP contribution in [0, 0.1) is 0 Å². The van der Waals surface area contributed by atoms with Crippen LogP contribution < -0.4 is 5.32 Å². The van der Waals surface area contributed by atoms with Crippen LogP contribution in [0.5, 0.6) is 0 Å². The van der Waals surface area contributed by atoms with Gasteiger partial charge in [-0.2, -0.15) is 5.10 Å². The SMILES string of the molecule is CCCn1ncc(Br)c1C(CCOCC(F)F)NC. The van der Waals surface area contributed by atoms with Crippen molar-refractivity contribution in [3.63, 3.8) is 0 Å². The van der Waals surface area contributed by atoms with E-state index in [2.05, 4.69) is 33.3 Å². The van der Waals surface area contributed by atoms with Crippen LogP contribution in [0.3, 0.4) is 0 Å². The molecule has 19 heavy (non-hydrogen) atoms. The molecule has 1 N–H and O–H groups in total. The zero-order valence-electron chi connectivity index (χ0n) is 11.2. The molecule has 0 bridgehead atoms. The number of aryl methyl sites for hydroxylation is 1. The summed E-state index contributed by atoms with van der Waals surface area (Å²) in [6, 6.07) is 0.0288. The van der Waals surface area contributed by atoms with Gasteiger partial charge in [-0.1, -0.05) is 6.92 Å². The van der Waals surface area contributed by atoms with E-state index in [4.69, 9.17) is 4.74 Å². The minimum Gasteiger partial charge on any atom is -0.375 e. The van der Waals surface area contributed by atoms with E-state index in [1.54, 1.807) is 6.20 Å². The Morgan fingerprint density at radius 1 is 1.53 bits per heavy atom. The fourth-order valence-corrected chi connectivity index (χ4v) is 2.47. The molecule has 1 rings (SSSR count). The number of alkyl halides is 2. The molecule has 1 heterocycles. The number of aromatic nitrogens is 2. The molecule has 1 aromatic rings. The molecule has 1 atom stereocenters. The van der Waals surface area contributed by atoms with Crippen LogP contribution in [0.2, 0.25) is 0 Å². The van der Waals surface area contributed by atoms with Crippen LogP contribution >= 0.6 is 15.9 Å². The molecular weight excluding hydrogens is 320 g/mol. The zero-order valence-corrected chi connectivity index (χ0v) is 12.8. The maximum atomic E-state index is 12.0. The summed E-state index contributed by atoms with van der Waals surface area (Å²) in [7, 11) is 1.84. The average Bonchev–Trinajstić information content (AvgIpc) is 2.72. The lowest BCUT2D eigenvalue weighted by atomic mass is 10.1. The number of ether oxygens (including phenoxy) is 1. The van der Waals surface area contributed by atoms with Crippen molar-refractivity contribution >= 4 is 15.9 Å². The maximum absolute atomic E-state index is 12.0. The lowest BCUT2D eigenvalue weighted by molar-refractivity contribution is 0.0143. The largest absolute Gasteiger partial charge is 0.375 e. The van der Waals surface area contributed by atoms with Gasteiger partial charge in [0.2, 0.25) is 0 Å². The van der Waals surface area contributed by atoms with Crippen LogP contribution in [0.15, 0.2) is 10.7 Å². The Morgan fingerprint density at radius 3 is 2.84 bits per heavy atom. The molecule has 0 fully saturated rings. The van der Waals surface area contributed by atoms with E-state index >= 15 is 0 Å². The molecule has 0 spiro atoms. The molecule has 4 nitrogen and oxygen atoms in total. The van der Waals surface area contributed by atoms with Crippen molar-refractivity contribution in [1.82, 2.24) is 15.1 Å². The highest BCUT2D eigenvalue weighted by Gasteiger charge is 2.18. The minimum absolute atomic E-state index is 0.0288. The van der Waals surface area contributed by atoms with Gasteiger partial charge in [0, 0.05) is 13.2 Å². The number of hydrogen-bond donors (Lipinski definition) is 1. The highest BCUT2D eigenvalue weighted by atomic mass is 79.9. The van der Waals surface area contributed by atoms with Crippen LogP contribution in [-0.4, -0.2) is 36.5 Å². The number of nitrogens with one attached hydrogen (secondary N) is 1. The third-order valence-electron chi connectivity index (χ3n) is 2.74. The molecule has 7 heteroatoms. The van der Waals surface area contributed by atoms with Gasteiger partial charge in [0.05, 0.1) is 22.4 Å². The van der Waals surface area contributed by atoms with Crippen LogP contribution in [0.4, 0.5) is 8.78 Å². The zero-order chi connectivity index (χ0) is 14.3. The number of nitrogens with zero attached hydrogens (tertiary/aromatic N) is 2. The molecular formula is C12H20BrF2N3O. The van der Waals surface area contributed by atoms with Crippen LogP contribution in [0.25, 0.3) is 0 Å². The average molecular weight is 340 g/mol. The maximum Gasteiger partial charge on any atom is 0.261 e. The van der Waals surface area contributed by atoms with Crippen LogP contribution in [-0.2, 0) is 11.3 Å². The molecule has 0 saturated heterocycles. The lowest BCUT2D eigenvalue weighted by Gasteiger charge is -2.18. The third kappa shape index (κ3) is 5.16. The van der Waals surface area contributed by atoms with E-state index in [1.807, 2.05) is 11.7 Å². The van der Waals surface area contributed by atoms with Gasteiger partial charge in [-0.15, -0.1) is 0 Å². The van der Waals surface area contributed by atoms with Gasteiger partial charge in [-0.3, -0.25) is 4.68 Å². The van der Waals surface area contributed by atoms with E-state index in [9.17, 15) is 8.78 Å². The van der Waals surface area contributed by atoms with Gasteiger partial charge < -0.3 is 10.1 Å². The number of hydrogen-bond acceptors (Lipinski definition) is 3. The monoisotopic (exact) mass is 339 g/mol. The van der Waals surface area contributed by atoms with Crippen molar-refractivity contribution in [2.45, 2.75) is 38.8 Å². The lowest BCUT2D eigenvalue weighted by Crippen LogP contribution is -2.23. The van der Waals surface area contributed by atoms with Gasteiger partial charge in [0.25, 0.3) is 6.43 Å². The van der Waals surface area contributed by atoms with Crippen molar-refractivity contribution in [1.29, 1.82) is 0 Å². The fourth-order valence-electron chi connectivity index (χ4n) is 1.90. The highest BCUT2D eigenvalue weighted by molar-refractivity contribution is 9.10. The van der Waals surface area contributed by atoms with Gasteiger partial charge in [0.15, 0.2) is 0 Å². The summed E-state index contributed by atoms with van der Waals surface area (Å²) in [5, 5.41) is 7.47. The predicted octanol–water partition coefficient (Wildman–Crippen LogP) is 2.99. The second-order valence-electron chi connectivity index (χ2n) is 4.20. The molecule has 0 saturated carbocycles. The van der Waals surface area contributed by atoms with Crippen molar-refractivity contribution in [2.75, 3.05) is 20.3 Å². The van der Waals surface area contributed by atoms with Gasteiger partial charge in [0.1, 0.15) is 6.61 Å². The topological polar surface area (TPSA) is 39.1 Å². The van der Waals surface area contributed by atoms with Crippen molar-refractivity contribution in [3.8, 4) is 0 Å². The molecule has 0 amide bonds. The first-order chi connectivity index (χ1) is 9.10. The van der Waals surface area contributed by atoms with Gasteiger partial charge in [-0.25, -0.2) is 8.78 Å². The van der Waals surface area contributed by atoms with Crippen molar-refractivity contribution in [2.24, 2.45) is 0 Å². The second-order valence-corrected chi connectivity index (χ2v) is 5.05. The summed E-state index contributed by atoms with van der Waals surface area (Å²) in [6.45, 7) is 2.70. The summed E-state index contributed by atoms with van der Waals surface area (Å²) in [4.78, 5) is 0. The molecule has 0 aliphatic rings. The first-order valence-corrected chi connectivity index (χ1v) is 7.13. The minimum atomic E-state index is -2.41. The highest BCUT2D eigenvalue weighted by Crippen LogP contribution is 2.25. The van der Waals surface area contributed by atoms with Crippen LogP contribution in [0.1, 0.15) is 31.5 Å². The summed E-state index contributed by atoms with van der Waals surface area (Å²) < 4.78 is 31.7. The Morgan fingerprint density at radius 2 is 2.26 bits per heavy atom. The Hall–Kier alpha value is -0.530. The van der Waals surface area contributed by atoms with E-state index in [1.165, 1.54) is 0 Å². The Bertz CT molecular complexity index is 374. The quantitative estimate of drug-likeness (QED) is 0.703.